The van der Waals surface area contributed by atoms with Crippen molar-refractivity contribution in [2.75, 3.05) is 0 Å². The molecular formula is C15H14FN3OS2. The van der Waals surface area contributed by atoms with Gasteiger partial charge in [0.25, 0.3) is 5.56 Å². The summed E-state index contributed by atoms with van der Waals surface area (Å²) >= 11 is 3.07. The number of hydrogen-bond acceptors (Lipinski definition) is 5. The van der Waals surface area contributed by atoms with E-state index in [4.69, 9.17) is 0 Å². The van der Waals surface area contributed by atoms with E-state index in [1.807, 2.05) is 6.92 Å². The number of halogens is 1. The van der Waals surface area contributed by atoms with Crippen LogP contribution in [0.15, 0.2) is 35.1 Å². The molecule has 0 amide bonds. The van der Waals surface area contributed by atoms with Gasteiger partial charge in [0, 0.05) is 17.1 Å². The minimum absolute atomic E-state index is 0.153. The molecule has 2 heterocycles. The number of benzene rings is 1. The second-order valence-electron chi connectivity index (χ2n) is 4.91. The highest BCUT2D eigenvalue weighted by Crippen LogP contribution is 2.30. The van der Waals surface area contributed by atoms with Crippen LogP contribution in [0.5, 0.6) is 0 Å². The van der Waals surface area contributed by atoms with Gasteiger partial charge < -0.3 is 0 Å². The summed E-state index contributed by atoms with van der Waals surface area (Å²) < 4.78 is 14.3. The lowest BCUT2D eigenvalue weighted by atomic mass is 10.2. The van der Waals surface area contributed by atoms with E-state index in [-0.39, 0.29) is 16.6 Å². The molecular weight excluding hydrogens is 321 g/mol. The third-order valence-corrected chi connectivity index (χ3v) is 5.28. The van der Waals surface area contributed by atoms with Crippen molar-refractivity contribution in [2.24, 2.45) is 0 Å². The van der Waals surface area contributed by atoms with Gasteiger partial charge in [0.05, 0.1) is 5.69 Å². The van der Waals surface area contributed by atoms with E-state index in [9.17, 15) is 9.18 Å². The third kappa shape index (κ3) is 3.20. The van der Waals surface area contributed by atoms with Crippen molar-refractivity contribution in [1.29, 1.82) is 0 Å². The Kier molecular flexibility index (Phi) is 4.26. The zero-order valence-corrected chi connectivity index (χ0v) is 13.7. The highest BCUT2D eigenvalue weighted by Gasteiger charge is 2.10. The van der Waals surface area contributed by atoms with Crippen molar-refractivity contribution in [3.63, 3.8) is 0 Å². The predicted molar refractivity (Wildman–Crippen MR) is 88.0 cm³/mol. The Balaban J connectivity index is 1.76. The third-order valence-electron chi connectivity index (χ3n) is 3.22. The Bertz CT molecular complexity index is 857. The van der Waals surface area contributed by atoms with Crippen molar-refractivity contribution < 1.29 is 4.39 Å². The van der Waals surface area contributed by atoms with E-state index in [0.717, 1.165) is 16.3 Å². The largest absolute Gasteiger partial charge is 0.275 e. The summed E-state index contributed by atoms with van der Waals surface area (Å²) in [6, 6.07) is 8.01. The molecule has 4 nitrogen and oxygen atoms in total. The van der Waals surface area contributed by atoms with Gasteiger partial charge in [-0.2, -0.15) is 9.61 Å². The lowest BCUT2D eigenvalue weighted by Crippen LogP contribution is -2.15. The van der Waals surface area contributed by atoms with Crippen LogP contribution in [0.4, 0.5) is 4.39 Å². The fraction of sp³-hybridized carbons (Fsp3) is 0.267. The molecule has 3 aromatic rings. The van der Waals surface area contributed by atoms with Gasteiger partial charge in [-0.3, -0.25) is 4.79 Å². The highest BCUT2D eigenvalue weighted by atomic mass is 32.2. The average Bonchev–Trinajstić information content (AvgIpc) is 2.86. The van der Waals surface area contributed by atoms with Gasteiger partial charge in [-0.1, -0.05) is 23.5 Å². The molecule has 1 aromatic carbocycles. The van der Waals surface area contributed by atoms with Crippen LogP contribution in [0.1, 0.15) is 28.4 Å². The highest BCUT2D eigenvalue weighted by molar-refractivity contribution is 7.98. The smallest absolute Gasteiger partial charge is 0.267 e. The normalized spacial score (nSPS) is 12.7. The van der Waals surface area contributed by atoms with Crippen LogP contribution in [-0.2, 0) is 5.75 Å². The SMILES string of the molecule is Cc1nn2c(=O)cc(CSC(C)c3ccc(F)cc3)nc2s1. The Morgan fingerprint density at radius 1 is 1.36 bits per heavy atom. The molecule has 0 aliphatic heterocycles. The molecule has 22 heavy (non-hydrogen) atoms. The standard InChI is InChI=1S/C15H14FN3OS2/c1-9(11-3-5-12(16)6-4-11)21-8-13-7-14(20)19-15(17-13)22-10(2)18-19/h3-7,9H,8H2,1-2H3. The number of fused-ring (bicyclic) bond motifs is 1. The minimum Gasteiger partial charge on any atom is -0.267 e. The van der Waals surface area contributed by atoms with Crippen LogP contribution >= 0.6 is 23.1 Å². The summed E-state index contributed by atoms with van der Waals surface area (Å²) in [5.41, 5.74) is 1.64. The summed E-state index contributed by atoms with van der Waals surface area (Å²) in [4.78, 5) is 17.1. The van der Waals surface area contributed by atoms with E-state index in [1.54, 1.807) is 23.9 Å². The van der Waals surface area contributed by atoms with Crippen LogP contribution < -0.4 is 5.56 Å². The number of nitrogens with zero attached hydrogens (tertiary/aromatic N) is 3. The molecule has 0 spiro atoms. The Morgan fingerprint density at radius 2 is 2.09 bits per heavy atom. The zero-order valence-electron chi connectivity index (χ0n) is 12.1. The summed E-state index contributed by atoms with van der Waals surface area (Å²) in [7, 11) is 0. The van der Waals surface area contributed by atoms with E-state index >= 15 is 0 Å². The number of rotatable bonds is 4. The van der Waals surface area contributed by atoms with Crippen molar-refractivity contribution >= 4 is 28.1 Å². The Labute approximate surface area is 135 Å². The van der Waals surface area contributed by atoms with Crippen LogP contribution in [0.2, 0.25) is 0 Å². The molecule has 0 aliphatic rings. The van der Waals surface area contributed by atoms with Gasteiger partial charge in [0.2, 0.25) is 4.96 Å². The first-order valence-electron chi connectivity index (χ1n) is 6.76. The van der Waals surface area contributed by atoms with Crippen molar-refractivity contribution in [3.05, 3.63) is 62.8 Å². The van der Waals surface area contributed by atoms with Gasteiger partial charge >= 0.3 is 0 Å². The van der Waals surface area contributed by atoms with E-state index in [2.05, 4.69) is 17.0 Å². The van der Waals surface area contributed by atoms with Crippen LogP contribution in [-0.4, -0.2) is 14.6 Å². The average molecular weight is 335 g/mol. The molecule has 0 N–H and O–H groups in total. The number of thioether (sulfide) groups is 1. The summed E-state index contributed by atoms with van der Waals surface area (Å²) in [5, 5.41) is 5.13. The van der Waals surface area contributed by atoms with Gasteiger partial charge in [-0.15, -0.1) is 11.8 Å². The van der Waals surface area contributed by atoms with Gasteiger partial charge in [-0.25, -0.2) is 9.37 Å². The van der Waals surface area contributed by atoms with Crippen LogP contribution in [0.25, 0.3) is 4.96 Å². The van der Waals surface area contributed by atoms with E-state index < -0.39 is 0 Å². The second-order valence-corrected chi connectivity index (χ2v) is 7.40. The molecule has 2 aromatic heterocycles. The first kappa shape index (κ1) is 15.2. The monoisotopic (exact) mass is 335 g/mol. The van der Waals surface area contributed by atoms with Crippen molar-refractivity contribution in [1.82, 2.24) is 14.6 Å². The molecule has 0 saturated heterocycles. The molecule has 0 fully saturated rings. The van der Waals surface area contributed by atoms with E-state index in [1.165, 1.54) is 34.1 Å². The summed E-state index contributed by atoms with van der Waals surface area (Å²) in [5.74, 6) is 0.392. The molecule has 7 heteroatoms. The molecule has 0 bridgehead atoms. The first-order valence-corrected chi connectivity index (χ1v) is 8.63. The topological polar surface area (TPSA) is 47.3 Å². The molecule has 0 radical (unpaired) electrons. The molecule has 1 atom stereocenters. The number of aryl methyl sites for hydroxylation is 1. The molecule has 0 saturated carbocycles. The maximum absolute atomic E-state index is 12.9. The maximum Gasteiger partial charge on any atom is 0.275 e. The lowest BCUT2D eigenvalue weighted by molar-refractivity contribution is 0.627. The molecule has 0 aliphatic carbocycles. The van der Waals surface area contributed by atoms with Gasteiger partial charge in [0.15, 0.2) is 0 Å². The quantitative estimate of drug-likeness (QED) is 0.731. The fourth-order valence-electron chi connectivity index (χ4n) is 2.07. The fourth-order valence-corrected chi connectivity index (χ4v) is 3.75. The maximum atomic E-state index is 12.9. The van der Waals surface area contributed by atoms with Gasteiger partial charge in [0.1, 0.15) is 10.8 Å². The van der Waals surface area contributed by atoms with Crippen molar-refractivity contribution in [3.8, 4) is 0 Å². The zero-order chi connectivity index (χ0) is 15.7. The van der Waals surface area contributed by atoms with Crippen LogP contribution in [0, 0.1) is 12.7 Å². The molecule has 114 valence electrons. The predicted octanol–water partition coefficient (Wildman–Crippen LogP) is 3.59. The number of hydrogen-bond donors (Lipinski definition) is 0. The summed E-state index contributed by atoms with van der Waals surface area (Å²) in [6.45, 7) is 3.91. The molecule has 3 rings (SSSR count). The van der Waals surface area contributed by atoms with Crippen molar-refractivity contribution in [2.45, 2.75) is 24.9 Å². The minimum atomic E-state index is -0.235. The van der Waals surface area contributed by atoms with E-state index in [0.29, 0.717) is 10.7 Å². The van der Waals surface area contributed by atoms with Crippen LogP contribution in [0.3, 0.4) is 0 Å². The number of aromatic nitrogens is 3. The summed E-state index contributed by atoms with van der Waals surface area (Å²) in [6.07, 6.45) is 0. The Hall–Kier alpha value is -1.73. The second kappa shape index (κ2) is 6.18. The lowest BCUT2D eigenvalue weighted by Gasteiger charge is -2.11. The Morgan fingerprint density at radius 3 is 2.82 bits per heavy atom. The molecule has 1 unspecified atom stereocenters. The first-order chi connectivity index (χ1) is 10.5. The van der Waals surface area contributed by atoms with Gasteiger partial charge in [-0.05, 0) is 31.5 Å².